The normalized spacial score (nSPS) is 18.1. The fraction of sp³-hybridized carbons (Fsp3) is 0.444. The summed E-state index contributed by atoms with van der Waals surface area (Å²) < 4.78 is 16.9. The molecule has 0 radical (unpaired) electrons. The molecule has 0 bridgehead atoms. The molecule has 2 heterocycles. The molecule has 1 amide bonds. The van der Waals surface area contributed by atoms with Crippen LogP contribution in [0.4, 0.5) is 4.79 Å². The van der Waals surface area contributed by atoms with Crippen LogP contribution in [0.5, 0.6) is 5.75 Å². The first-order valence-electron chi connectivity index (χ1n) is 11.9. The van der Waals surface area contributed by atoms with Crippen molar-refractivity contribution in [3.8, 4) is 17.1 Å². The number of likely N-dealkylation sites (tertiary alicyclic amines) is 1. The molecule has 2 aromatic carbocycles. The van der Waals surface area contributed by atoms with E-state index in [1.54, 1.807) is 20.8 Å². The molecule has 35 heavy (non-hydrogen) atoms. The summed E-state index contributed by atoms with van der Waals surface area (Å²) in [6.45, 7) is 10.4. The Morgan fingerprint density at radius 1 is 1.17 bits per heavy atom. The number of aryl methyl sites for hydroxylation is 2. The van der Waals surface area contributed by atoms with Gasteiger partial charge in [-0.2, -0.15) is 4.98 Å². The molecule has 8 heteroatoms. The van der Waals surface area contributed by atoms with E-state index in [1.165, 1.54) is 16.0 Å². The second-order valence-corrected chi connectivity index (χ2v) is 10.00. The summed E-state index contributed by atoms with van der Waals surface area (Å²) in [5.41, 5.74) is 3.55. The van der Waals surface area contributed by atoms with E-state index in [0.717, 1.165) is 23.3 Å². The minimum atomic E-state index is -0.804. The molecule has 1 aliphatic rings. The first-order chi connectivity index (χ1) is 16.6. The van der Waals surface area contributed by atoms with Crippen LogP contribution in [-0.2, 0) is 11.2 Å². The summed E-state index contributed by atoms with van der Waals surface area (Å²) in [5.74, 6) is 1.37. The molecule has 186 valence electrons. The quantitative estimate of drug-likeness (QED) is 0.530. The van der Waals surface area contributed by atoms with E-state index in [2.05, 4.69) is 41.3 Å². The van der Waals surface area contributed by atoms with E-state index >= 15 is 0 Å². The smallest absolute Gasteiger partial charge is 0.411 e. The SMILES string of the molecule is Cc1ccc(CCOc2ccc(-c3noc([C@@H]4[C@@H](O)CCN4C(=O)OC(C)(C)C)n3)cc2C)cc1. The third-order valence-corrected chi connectivity index (χ3v) is 5.89. The molecule has 3 aromatic rings. The molecular weight excluding hydrogens is 446 g/mol. The maximum atomic E-state index is 12.6. The molecule has 4 rings (SSSR count). The Balaban J connectivity index is 1.43. The second-order valence-electron chi connectivity index (χ2n) is 10.00. The number of rotatable bonds is 6. The lowest BCUT2D eigenvalue weighted by molar-refractivity contribution is 0.0107. The molecule has 1 fully saturated rings. The molecule has 1 aliphatic heterocycles. The lowest BCUT2D eigenvalue weighted by atomic mass is 10.1. The minimum absolute atomic E-state index is 0.187. The van der Waals surface area contributed by atoms with E-state index in [9.17, 15) is 9.90 Å². The van der Waals surface area contributed by atoms with Crippen LogP contribution in [0.1, 0.15) is 55.8 Å². The van der Waals surface area contributed by atoms with Crippen LogP contribution in [0, 0.1) is 13.8 Å². The number of carbonyl (C=O) groups excluding carboxylic acids is 1. The topological polar surface area (TPSA) is 97.9 Å². The Labute approximate surface area is 205 Å². The molecule has 1 saturated heterocycles. The first kappa shape index (κ1) is 24.7. The first-order valence-corrected chi connectivity index (χ1v) is 11.9. The van der Waals surface area contributed by atoms with Crippen LogP contribution >= 0.6 is 0 Å². The molecule has 1 N–H and O–H groups in total. The summed E-state index contributed by atoms with van der Waals surface area (Å²) in [6.07, 6.45) is -0.0771. The van der Waals surface area contributed by atoms with Gasteiger partial charge in [0.1, 0.15) is 17.4 Å². The number of hydrogen-bond acceptors (Lipinski definition) is 7. The van der Waals surface area contributed by atoms with E-state index in [1.807, 2.05) is 25.1 Å². The van der Waals surface area contributed by atoms with Crippen molar-refractivity contribution < 1.29 is 23.9 Å². The van der Waals surface area contributed by atoms with Gasteiger partial charge in [-0.1, -0.05) is 35.0 Å². The van der Waals surface area contributed by atoms with E-state index < -0.39 is 23.8 Å². The van der Waals surface area contributed by atoms with Gasteiger partial charge in [0.25, 0.3) is 5.89 Å². The summed E-state index contributed by atoms with van der Waals surface area (Å²) in [6, 6.07) is 13.4. The van der Waals surface area contributed by atoms with Gasteiger partial charge in [-0.15, -0.1) is 0 Å². The Bertz CT molecular complexity index is 1170. The van der Waals surface area contributed by atoms with Gasteiger partial charge in [0, 0.05) is 18.5 Å². The average Bonchev–Trinajstić information content (AvgIpc) is 3.41. The largest absolute Gasteiger partial charge is 0.493 e. The van der Waals surface area contributed by atoms with Gasteiger partial charge in [0.05, 0.1) is 12.7 Å². The van der Waals surface area contributed by atoms with Crippen molar-refractivity contribution in [1.29, 1.82) is 0 Å². The van der Waals surface area contributed by atoms with Crippen LogP contribution in [-0.4, -0.2) is 51.1 Å². The van der Waals surface area contributed by atoms with Gasteiger partial charge in [0.2, 0.25) is 5.82 Å². The van der Waals surface area contributed by atoms with E-state index in [4.69, 9.17) is 14.0 Å². The van der Waals surface area contributed by atoms with Crippen LogP contribution in [0.25, 0.3) is 11.4 Å². The summed E-state index contributed by atoms with van der Waals surface area (Å²) >= 11 is 0. The number of aliphatic hydroxyl groups excluding tert-OH is 1. The fourth-order valence-corrected chi connectivity index (χ4v) is 4.06. The highest BCUT2D eigenvalue weighted by molar-refractivity contribution is 5.69. The predicted octanol–water partition coefficient (Wildman–Crippen LogP) is 5.02. The Morgan fingerprint density at radius 3 is 2.60 bits per heavy atom. The number of carbonyl (C=O) groups is 1. The van der Waals surface area contributed by atoms with Crippen molar-refractivity contribution in [3.05, 3.63) is 65.0 Å². The number of hydrogen-bond donors (Lipinski definition) is 1. The van der Waals surface area contributed by atoms with Gasteiger partial charge >= 0.3 is 6.09 Å². The molecule has 1 aromatic heterocycles. The van der Waals surface area contributed by atoms with Crippen molar-refractivity contribution in [2.24, 2.45) is 0 Å². The lowest BCUT2D eigenvalue weighted by Gasteiger charge is -2.27. The highest BCUT2D eigenvalue weighted by atomic mass is 16.6. The number of aromatic nitrogens is 2. The molecule has 0 spiro atoms. The van der Waals surface area contributed by atoms with Crippen molar-refractivity contribution in [1.82, 2.24) is 15.0 Å². The van der Waals surface area contributed by atoms with Gasteiger partial charge in [-0.3, -0.25) is 4.90 Å². The number of ether oxygens (including phenoxy) is 2. The van der Waals surface area contributed by atoms with Gasteiger partial charge in [-0.05, 0) is 70.4 Å². The molecule has 0 aliphatic carbocycles. The lowest BCUT2D eigenvalue weighted by Crippen LogP contribution is -2.38. The van der Waals surface area contributed by atoms with Crippen molar-refractivity contribution in [2.45, 2.75) is 65.2 Å². The number of aliphatic hydroxyl groups is 1. The number of amides is 1. The van der Waals surface area contributed by atoms with Crippen molar-refractivity contribution in [2.75, 3.05) is 13.2 Å². The third kappa shape index (κ3) is 6.00. The maximum absolute atomic E-state index is 12.6. The van der Waals surface area contributed by atoms with Crippen LogP contribution in [0.3, 0.4) is 0 Å². The Hall–Kier alpha value is -3.39. The third-order valence-electron chi connectivity index (χ3n) is 5.89. The van der Waals surface area contributed by atoms with Gasteiger partial charge < -0.3 is 19.1 Å². The van der Waals surface area contributed by atoms with Crippen molar-refractivity contribution in [3.63, 3.8) is 0 Å². The zero-order valence-corrected chi connectivity index (χ0v) is 20.9. The Morgan fingerprint density at radius 2 is 1.91 bits per heavy atom. The molecule has 0 saturated carbocycles. The van der Waals surface area contributed by atoms with Crippen molar-refractivity contribution >= 4 is 6.09 Å². The highest BCUT2D eigenvalue weighted by Gasteiger charge is 2.42. The second kappa shape index (κ2) is 10.1. The zero-order chi connectivity index (χ0) is 25.2. The molecule has 2 atom stereocenters. The van der Waals surface area contributed by atoms with Gasteiger partial charge in [-0.25, -0.2) is 4.79 Å². The van der Waals surface area contributed by atoms with E-state index in [-0.39, 0.29) is 5.89 Å². The molecule has 0 unspecified atom stereocenters. The summed E-state index contributed by atoms with van der Waals surface area (Å²) in [4.78, 5) is 18.6. The fourth-order valence-electron chi connectivity index (χ4n) is 4.06. The predicted molar refractivity (Wildman–Crippen MR) is 131 cm³/mol. The highest BCUT2D eigenvalue weighted by Crippen LogP contribution is 2.34. The van der Waals surface area contributed by atoms with Gasteiger partial charge in [0.15, 0.2) is 0 Å². The summed E-state index contributed by atoms with van der Waals surface area (Å²) in [7, 11) is 0. The van der Waals surface area contributed by atoms with E-state index in [0.29, 0.717) is 25.4 Å². The maximum Gasteiger partial charge on any atom is 0.411 e. The van der Waals surface area contributed by atoms with Crippen LogP contribution < -0.4 is 4.74 Å². The van der Waals surface area contributed by atoms with Crippen LogP contribution in [0.15, 0.2) is 47.0 Å². The number of nitrogens with zero attached hydrogens (tertiary/aromatic N) is 3. The molecular formula is C27H33N3O5. The minimum Gasteiger partial charge on any atom is -0.493 e. The standard InChI is InChI=1S/C27H33N3O5/c1-17-6-8-19(9-7-17)13-15-33-22-11-10-20(16-18(22)2)24-28-25(35-29-24)23-21(31)12-14-30(23)26(32)34-27(3,4)5/h6-11,16,21,23,31H,12-15H2,1-5H3/t21-,23-/m0/s1. The average molecular weight is 480 g/mol. The molecule has 8 nitrogen and oxygen atoms in total. The van der Waals surface area contributed by atoms with Crippen LogP contribution in [0.2, 0.25) is 0 Å². The number of benzene rings is 2. The zero-order valence-electron chi connectivity index (χ0n) is 20.9. The monoisotopic (exact) mass is 479 g/mol. The summed E-state index contributed by atoms with van der Waals surface area (Å²) in [5, 5.41) is 14.6. The Kier molecular flexibility index (Phi) is 7.12.